The molecule has 0 aliphatic heterocycles. The Labute approximate surface area is 133 Å². The third-order valence-electron chi connectivity index (χ3n) is 3.86. The lowest BCUT2D eigenvalue weighted by Gasteiger charge is -2.16. The number of benzene rings is 1. The van der Waals surface area contributed by atoms with Crippen molar-refractivity contribution in [3.8, 4) is 0 Å². The van der Waals surface area contributed by atoms with Crippen LogP contribution >= 0.6 is 0 Å². The minimum atomic E-state index is -0.418. The van der Waals surface area contributed by atoms with Crippen molar-refractivity contribution in [1.82, 2.24) is 15.3 Å². The second kappa shape index (κ2) is 6.71. The monoisotopic (exact) mass is 311 g/mol. The van der Waals surface area contributed by atoms with E-state index in [0.717, 1.165) is 12.1 Å². The van der Waals surface area contributed by atoms with Crippen molar-refractivity contribution in [3.63, 3.8) is 0 Å². The van der Waals surface area contributed by atoms with Crippen molar-refractivity contribution >= 4 is 10.9 Å². The van der Waals surface area contributed by atoms with Crippen LogP contribution in [0.3, 0.4) is 0 Å². The first kappa shape index (κ1) is 15.4. The van der Waals surface area contributed by atoms with E-state index < -0.39 is 5.82 Å². The van der Waals surface area contributed by atoms with Crippen molar-refractivity contribution in [2.24, 2.45) is 0 Å². The molecular formula is C18H18FN3O. The maximum Gasteiger partial charge on any atom is 0.189 e. The van der Waals surface area contributed by atoms with Gasteiger partial charge >= 0.3 is 0 Å². The van der Waals surface area contributed by atoms with Crippen molar-refractivity contribution in [3.05, 3.63) is 76.1 Å². The lowest BCUT2D eigenvalue weighted by Crippen LogP contribution is -2.22. The quantitative estimate of drug-likeness (QED) is 0.760. The van der Waals surface area contributed by atoms with Crippen LogP contribution < -0.4 is 10.7 Å². The SMILES string of the molecule is CCC(NCc1cc(=O)c2cccc(F)c2[nH]1)c1ccccn1. The summed E-state index contributed by atoms with van der Waals surface area (Å²) in [5, 5.41) is 3.72. The van der Waals surface area contributed by atoms with Crippen molar-refractivity contribution < 1.29 is 4.39 Å². The van der Waals surface area contributed by atoms with Gasteiger partial charge in [-0.25, -0.2) is 4.39 Å². The van der Waals surface area contributed by atoms with Crippen molar-refractivity contribution in [1.29, 1.82) is 0 Å². The van der Waals surface area contributed by atoms with E-state index in [0.29, 0.717) is 17.6 Å². The fourth-order valence-corrected chi connectivity index (χ4v) is 2.66. The number of nitrogens with one attached hydrogen (secondary N) is 2. The zero-order chi connectivity index (χ0) is 16.2. The molecular weight excluding hydrogens is 293 g/mol. The highest BCUT2D eigenvalue weighted by Crippen LogP contribution is 2.15. The highest BCUT2D eigenvalue weighted by Gasteiger charge is 2.11. The van der Waals surface area contributed by atoms with Crippen LogP contribution in [-0.4, -0.2) is 9.97 Å². The van der Waals surface area contributed by atoms with E-state index in [1.54, 1.807) is 18.3 Å². The van der Waals surface area contributed by atoms with E-state index in [9.17, 15) is 9.18 Å². The molecule has 0 radical (unpaired) electrons. The first-order valence-electron chi connectivity index (χ1n) is 7.63. The Balaban J connectivity index is 1.84. The number of hydrogen-bond donors (Lipinski definition) is 2. The lowest BCUT2D eigenvalue weighted by molar-refractivity contribution is 0.503. The Hall–Kier alpha value is -2.53. The van der Waals surface area contributed by atoms with E-state index in [1.807, 2.05) is 18.2 Å². The first-order valence-corrected chi connectivity index (χ1v) is 7.63. The van der Waals surface area contributed by atoms with Crippen LogP contribution in [-0.2, 0) is 6.54 Å². The number of halogens is 1. The second-order valence-electron chi connectivity index (χ2n) is 5.42. The Morgan fingerprint density at radius 2 is 2.13 bits per heavy atom. The molecule has 1 unspecified atom stereocenters. The van der Waals surface area contributed by atoms with Gasteiger partial charge in [0, 0.05) is 35.9 Å². The number of aromatic nitrogens is 2. The molecule has 0 fully saturated rings. The predicted octanol–water partition coefficient (Wildman–Crippen LogP) is 3.30. The molecule has 118 valence electrons. The Bertz CT molecular complexity index is 861. The van der Waals surface area contributed by atoms with Gasteiger partial charge in [-0.2, -0.15) is 0 Å². The van der Waals surface area contributed by atoms with Crippen LogP contribution in [0.4, 0.5) is 4.39 Å². The second-order valence-corrected chi connectivity index (χ2v) is 5.42. The Morgan fingerprint density at radius 1 is 1.26 bits per heavy atom. The normalized spacial score (nSPS) is 12.4. The highest BCUT2D eigenvalue weighted by molar-refractivity contribution is 5.78. The number of rotatable bonds is 5. The standard InChI is InChI=1S/C18H18FN3O/c1-2-15(16-8-3-4-9-20-16)21-11-12-10-17(23)13-6-5-7-14(19)18(13)22-12/h3-10,15,21H,2,11H2,1H3,(H,22,23). The lowest BCUT2D eigenvalue weighted by atomic mass is 10.1. The van der Waals surface area contributed by atoms with Crippen LogP contribution in [0.2, 0.25) is 0 Å². The molecule has 0 aliphatic carbocycles. The molecule has 0 saturated heterocycles. The number of fused-ring (bicyclic) bond motifs is 1. The molecule has 0 bridgehead atoms. The highest BCUT2D eigenvalue weighted by atomic mass is 19.1. The first-order chi connectivity index (χ1) is 11.2. The van der Waals surface area contributed by atoms with Gasteiger partial charge in [0.05, 0.1) is 11.2 Å². The Kier molecular flexibility index (Phi) is 4.48. The van der Waals surface area contributed by atoms with E-state index in [2.05, 4.69) is 22.2 Å². The summed E-state index contributed by atoms with van der Waals surface area (Å²) in [5.74, 6) is -0.418. The van der Waals surface area contributed by atoms with Crippen LogP contribution in [0.5, 0.6) is 0 Å². The van der Waals surface area contributed by atoms with Gasteiger partial charge < -0.3 is 10.3 Å². The largest absolute Gasteiger partial charge is 0.355 e. The van der Waals surface area contributed by atoms with Gasteiger partial charge in [0.15, 0.2) is 5.43 Å². The number of aromatic amines is 1. The van der Waals surface area contributed by atoms with Crippen LogP contribution in [0, 0.1) is 5.82 Å². The van der Waals surface area contributed by atoms with Gasteiger partial charge in [-0.1, -0.05) is 19.1 Å². The number of para-hydroxylation sites is 1. The number of nitrogens with zero attached hydrogens (tertiary/aromatic N) is 1. The summed E-state index contributed by atoms with van der Waals surface area (Å²) in [6.07, 6.45) is 2.62. The topological polar surface area (TPSA) is 57.8 Å². The van der Waals surface area contributed by atoms with Crippen molar-refractivity contribution in [2.75, 3.05) is 0 Å². The molecule has 4 nitrogen and oxygen atoms in total. The van der Waals surface area contributed by atoms with E-state index in [1.165, 1.54) is 12.1 Å². The maximum atomic E-state index is 13.9. The van der Waals surface area contributed by atoms with Gasteiger partial charge in [-0.05, 0) is 30.7 Å². The molecule has 0 saturated carbocycles. The molecule has 2 aromatic heterocycles. The number of hydrogen-bond acceptors (Lipinski definition) is 3. The molecule has 0 aliphatic rings. The van der Waals surface area contributed by atoms with Gasteiger partial charge in [-0.15, -0.1) is 0 Å². The van der Waals surface area contributed by atoms with E-state index >= 15 is 0 Å². The van der Waals surface area contributed by atoms with Crippen LogP contribution in [0.1, 0.15) is 30.8 Å². The third-order valence-corrected chi connectivity index (χ3v) is 3.86. The molecule has 0 amide bonds. The summed E-state index contributed by atoms with van der Waals surface area (Å²) in [5.41, 5.74) is 1.68. The molecule has 3 rings (SSSR count). The van der Waals surface area contributed by atoms with Crippen LogP contribution in [0.15, 0.2) is 53.5 Å². The van der Waals surface area contributed by atoms with Gasteiger partial charge in [-0.3, -0.25) is 9.78 Å². The van der Waals surface area contributed by atoms with Gasteiger partial charge in [0.1, 0.15) is 5.82 Å². The third kappa shape index (κ3) is 3.29. The zero-order valence-electron chi connectivity index (χ0n) is 12.8. The van der Waals surface area contributed by atoms with E-state index in [4.69, 9.17) is 0 Å². The minimum absolute atomic E-state index is 0.0796. The van der Waals surface area contributed by atoms with Gasteiger partial charge in [0.2, 0.25) is 0 Å². The zero-order valence-corrected chi connectivity index (χ0v) is 12.8. The molecule has 0 spiro atoms. The Morgan fingerprint density at radius 3 is 2.87 bits per heavy atom. The number of pyridine rings is 2. The average molecular weight is 311 g/mol. The summed E-state index contributed by atoms with van der Waals surface area (Å²) in [7, 11) is 0. The van der Waals surface area contributed by atoms with Gasteiger partial charge in [0.25, 0.3) is 0 Å². The summed E-state index contributed by atoms with van der Waals surface area (Å²) < 4.78 is 13.9. The number of H-pyrrole nitrogens is 1. The molecule has 1 atom stereocenters. The summed E-state index contributed by atoms with van der Waals surface area (Å²) in [6, 6.07) is 11.9. The smallest absolute Gasteiger partial charge is 0.189 e. The molecule has 2 N–H and O–H groups in total. The van der Waals surface area contributed by atoms with Crippen LogP contribution in [0.25, 0.3) is 10.9 Å². The minimum Gasteiger partial charge on any atom is -0.355 e. The fraction of sp³-hybridized carbons (Fsp3) is 0.222. The summed E-state index contributed by atoms with van der Waals surface area (Å²) in [4.78, 5) is 19.5. The molecule has 23 heavy (non-hydrogen) atoms. The molecule has 1 aromatic carbocycles. The summed E-state index contributed by atoms with van der Waals surface area (Å²) >= 11 is 0. The van der Waals surface area contributed by atoms with Crippen molar-refractivity contribution in [2.45, 2.75) is 25.9 Å². The molecule has 2 heterocycles. The molecule has 3 aromatic rings. The summed E-state index contributed by atoms with van der Waals surface area (Å²) in [6.45, 7) is 2.50. The van der Waals surface area contributed by atoms with E-state index in [-0.39, 0.29) is 17.0 Å². The average Bonchev–Trinajstić information content (AvgIpc) is 2.57. The fourth-order valence-electron chi connectivity index (χ4n) is 2.66. The predicted molar refractivity (Wildman–Crippen MR) is 88.6 cm³/mol. The maximum absolute atomic E-state index is 13.9. The molecule has 5 heteroatoms.